The second kappa shape index (κ2) is 6.22. The summed E-state index contributed by atoms with van der Waals surface area (Å²) in [6.45, 7) is 7.03. The van der Waals surface area contributed by atoms with Crippen LogP contribution in [0.4, 0.5) is 0 Å². The Kier molecular flexibility index (Phi) is 4.64. The SMILES string of the molecule is COC(=O)C1=CCC2C3(C)CCCC(C)(C)C3CCC2(C=O)C(O)C1. The lowest BCUT2D eigenvalue weighted by atomic mass is 9.42. The average Bonchev–Trinajstić information content (AvgIpc) is 2.71. The fourth-order valence-corrected chi connectivity index (χ4v) is 6.63. The Bertz CT molecular complexity index is 593. The van der Waals surface area contributed by atoms with Crippen LogP contribution in [0.25, 0.3) is 0 Å². The van der Waals surface area contributed by atoms with Gasteiger partial charge in [-0.2, -0.15) is 0 Å². The van der Waals surface area contributed by atoms with E-state index in [0.29, 0.717) is 24.3 Å². The van der Waals surface area contributed by atoms with E-state index in [-0.39, 0.29) is 29.1 Å². The summed E-state index contributed by atoms with van der Waals surface area (Å²) >= 11 is 0. The summed E-state index contributed by atoms with van der Waals surface area (Å²) in [5.41, 5.74) is 0.0455. The Labute approximate surface area is 151 Å². The van der Waals surface area contributed by atoms with Gasteiger partial charge in [-0.05, 0) is 54.8 Å². The number of allylic oxidation sites excluding steroid dienone is 1. The summed E-state index contributed by atoms with van der Waals surface area (Å²) < 4.78 is 4.87. The molecule has 0 amide bonds. The highest BCUT2D eigenvalue weighted by atomic mass is 16.5. The molecule has 2 saturated carbocycles. The quantitative estimate of drug-likeness (QED) is 0.611. The first-order valence-corrected chi connectivity index (χ1v) is 9.63. The minimum atomic E-state index is -0.814. The van der Waals surface area contributed by atoms with Gasteiger partial charge in [0.05, 0.1) is 18.6 Å². The number of carbonyl (C=O) groups is 2. The third-order valence-corrected chi connectivity index (χ3v) is 7.89. The monoisotopic (exact) mass is 348 g/mol. The standard InChI is InChI=1S/C21H32O4/c1-19(2)9-5-10-20(3)15(19)8-11-21(13-22)16(20)7-6-14(12-17(21)23)18(24)25-4/h6,13,15-17,23H,5,7-12H2,1-4H3. The first-order valence-electron chi connectivity index (χ1n) is 9.63. The lowest BCUT2D eigenvalue weighted by molar-refractivity contribution is -0.170. The van der Waals surface area contributed by atoms with Crippen LogP contribution in [0.5, 0.6) is 0 Å². The minimum Gasteiger partial charge on any atom is -0.466 e. The van der Waals surface area contributed by atoms with E-state index in [4.69, 9.17) is 4.74 Å². The van der Waals surface area contributed by atoms with Gasteiger partial charge in [-0.3, -0.25) is 0 Å². The molecule has 0 saturated heterocycles. The van der Waals surface area contributed by atoms with E-state index in [0.717, 1.165) is 25.5 Å². The molecule has 3 aliphatic rings. The molecule has 5 atom stereocenters. The van der Waals surface area contributed by atoms with Gasteiger partial charge >= 0.3 is 5.97 Å². The Balaban J connectivity index is 2.05. The van der Waals surface area contributed by atoms with Gasteiger partial charge in [-0.1, -0.05) is 33.3 Å². The van der Waals surface area contributed by atoms with Gasteiger partial charge < -0.3 is 14.6 Å². The van der Waals surface area contributed by atoms with Crippen LogP contribution >= 0.6 is 0 Å². The number of hydrogen-bond acceptors (Lipinski definition) is 4. The van der Waals surface area contributed by atoms with Crippen molar-refractivity contribution >= 4 is 12.3 Å². The van der Waals surface area contributed by atoms with E-state index in [9.17, 15) is 14.7 Å². The number of methoxy groups -OCH3 is 1. The first kappa shape index (κ1) is 18.6. The minimum absolute atomic E-state index is 0.0178. The van der Waals surface area contributed by atoms with Gasteiger partial charge in [0.25, 0.3) is 0 Å². The number of fused-ring (bicyclic) bond motifs is 3. The summed E-state index contributed by atoms with van der Waals surface area (Å²) in [6, 6.07) is 0. The summed E-state index contributed by atoms with van der Waals surface area (Å²) in [5.74, 6) is 0.240. The van der Waals surface area contributed by atoms with Crippen LogP contribution in [0, 0.1) is 28.1 Å². The van der Waals surface area contributed by atoms with E-state index < -0.39 is 11.5 Å². The molecule has 4 nitrogen and oxygen atoms in total. The van der Waals surface area contributed by atoms with Gasteiger partial charge in [0.15, 0.2) is 0 Å². The van der Waals surface area contributed by atoms with Crippen molar-refractivity contribution < 1.29 is 19.4 Å². The molecule has 3 rings (SSSR count). The Morgan fingerprint density at radius 3 is 2.60 bits per heavy atom. The van der Waals surface area contributed by atoms with Gasteiger partial charge in [-0.25, -0.2) is 4.79 Å². The normalized spacial score (nSPS) is 43.1. The molecule has 5 unspecified atom stereocenters. The molecule has 0 bridgehead atoms. The van der Waals surface area contributed by atoms with Gasteiger partial charge in [0.1, 0.15) is 6.29 Å². The maximum Gasteiger partial charge on any atom is 0.333 e. The largest absolute Gasteiger partial charge is 0.466 e. The highest BCUT2D eigenvalue weighted by Gasteiger charge is 2.62. The smallest absolute Gasteiger partial charge is 0.333 e. The molecule has 0 aromatic heterocycles. The Morgan fingerprint density at radius 2 is 1.96 bits per heavy atom. The van der Waals surface area contributed by atoms with E-state index in [1.54, 1.807) is 0 Å². The van der Waals surface area contributed by atoms with Crippen molar-refractivity contribution in [3.05, 3.63) is 11.6 Å². The van der Waals surface area contributed by atoms with Crippen molar-refractivity contribution in [3.63, 3.8) is 0 Å². The number of aldehydes is 1. The third-order valence-electron chi connectivity index (χ3n) is 7.89. The fourth-order valence-electron chi connectivity index (χ4n) is 6.63. The summed E-state index contributed by atoms with van der Waals surface area (Å²) in [6.07, 6.45) is 8.18. The molecule has 25 heavy (non-hydrogen) atoms. The molecule has 0 aromatic rings. The zero-order valence-corrected chi connectivity index (χ0v) is 16.0. The van der Waals surface area contributed by atoms with Crippen molar-refractivity contribution in [1.82, 2.24) is 0 Å². The van der Waals surface area contributed by atoms with Crippen molar-refractivity contribution in [2.45, 2.75) is 71.8 Å². The van der Waals surface area contributed by atoms with Crippen LogP contribution in [0.2, 0.25) is 0 Å². The number of ether oxygens (including phenoxy) is 1. The zero-order chi connectivity index (χ0) is 18.5. The molecule has 0 aliphatic heterocycles. The van der Waals surface area contributed by atoms with Crippen molar-refractivity contribution in [2.75, 3.05) is 7.11 Å². The van der Waals surface area contributed by atoms with Crippen LogP contribution in [0.3, 0.4) is 0 Å². The maximum absolute atomic E-state index is 12.3. The molecule has 0 radical (unpaired) electrons. The molecule has 140 valence electrons. The van der Waals surface area contributed by atoms with E-state index >= 15 is 0 Å². The van der Waals surface area contributed by atoms with Gasteiger partial charge in [0.2, 0.25) is 0 Å². The predicted octanol–water partition coefficient (Wildman–Crippen LogP) is 3.67. The number of esters is 1. The molecule has 3 aliphatic carbocycles. The first-order chi connectivity index (χ1) is 11.7. The van der Waals surface area contributed by atoms with Gasteiger partial charge in [-0.15, -0.1) is 0 Å². The second-order valence-electron chi connectivity index (χ2n) is 9.40. The Hall–Kier alpha value is -1.16. The van der Waals surface area contributed by atoms with Crippen molar-refractivity contribution in [3.8, 4) is 0 Å². The van der Waals surface area contributed by atoms with Crippen molar-refractivity contribution in [2.24, 2.45) is 28.1 Å². The summed E-state index contributed by atoms with van der Waals surface area (Å²) in [4.78, 5) is 24.3. The molecular weight excluding hydrogens is 316 g/mol. The molecule has 0 heterocycles. The zero-order valence-electron chi connectivity index (χ0n) is 16.0. The molecule has 1 N–H and O–H groups in total. The third kappa shape index (κ3) is 2.68. The average molecular weight is 348 g/mol. The highest BCUT2D eigenvalue weighted by Crippen LogP contribution is 2.66. The van der Waals surface area contributed by atoms with Crippen LogP contribution in [-0.4, -0.2) is 30.6 Å². The number of carbonyl (C=O) groups excluding carboxylic acids is 2. The lowest BCUT2D eigenvalue weighted by Gasteiger charge is -2.62. The van der Waals surface area contributed by atoms with Crippen LogP contribution in [-0.2, 0) is 14.3 Å². The van der Waals surface area contributed by atoms with E-state index in [1.165, 1.54) is 13.5 Å². The highest BCUT2D eigenvalue weighted by molar-refractivity contribution is 5.88. The molecular formula is C21H32O4. The van der Waals surface area contributed by atoms with Crippen molar-refractivity contribution in [1.29, 1.82) is 0 Å². The van der Waals surface area contributed by atoms with E-state index in [1.807, 2.05) is 6.08 Å². The maximum atomic E-state index is 12.3. The Morgan fingerprint density at radius 1 is 1.24 bits per heavy atom. The molecule has 4 heteroatoms. The number of rotatable bonds is 2. The molecule has 0 spiro atoms. The number of hydrogen-bond donors (Lipinski definition) is 1. The summed E-state index contributed by atoms with van der Waals surface area (Å²) in [7, 11) is 1.37. The van der Waals surface area contributed by atoms with Gasteiger partial charge in [0, 0.05) is 12.0 Å². The van der Waals surface area contributed by atoms with E-state index in [2.05, 4.69) is 20.8 Å². The fraction of sp³-hybridized carbons (Fsp3) is 0.810. The van der Waals surface area contributed by atoms with Crippen LogP contribution in [0.15, 0.2) is 11.6 Å². The topological polar surface area (TPSA) is 63.6 Å². The molecule has 0 aromatic carbocycles. The lowest BCUT2D eigenvalue weighted by Crippen LogP contribution is -2.59. The predicted molar refractivity (Wildman–Crippen MR) is 95.8 cm³/mol. The van der Waals surface area contributed by atoms with Crippen LogP contribution < -0.4 is 0 Å². The second-order valence-corrected chi connectivity index (χ2v) is 9.40. The van der Waals surface area contributed by atoms with Crippen LogP contribution in [0.1, 0.15) is 65.7 Å². The summed E-state index contributed by atoms with van der Waals surface area (Å²) in [5, 5.41) is 11.0. The molecule has 2 fully saturated rings. The number of aliphatic hydroxyl groups is 1. The number of aliphatic hydroxyl groups excluding tert-OH is 1.